The van der Waals surface area contributed by atoms with Crippen molar-refractivity contribution in [2.75, 3.05) is 25.9 Å². The fourth-order valence-electron chi connectivity index (χ4n) is 3.33. The second kappa shape index (κ2) is 7.85. The number of benzene rings is 1. The number of carbonyl (C=O) groups is 1. The number of anilines is 1. The van der Waals surface area contributed by atoms with Gasteiger partial charge in [0.1, 0.15) is 0 Å². The third-order valence-corrected chi connectivity index (χ3v) is 4.93. The number of pyridine rings is 1. The minimum atomic E-state index is -0.105. The Hall–Kier alpha value is -2.44. The van der Waals surface area contributed by atoms with Crippen molar-refractivity contribution in [1.29, 1.82) is 0 Å². The zero-order chi connectivity index (χ0) is 18.7. The lowest BCUT2D eigenvalue weighted by atomic mass is 10.0. The summed E-state index contributed by atoms with van der Waals surface area (Å²) in [6, 6.07) is 9.60. The second-order valence-electron chi connectivity index (χ2n) is 6.95. The number of carbonyl (C=O) groups excluding carboxylic acids is 1. The van der Waals surface area contributed by atoms with E-state index in [2.05, 4.69) is 29.0 Å². The van der Waals surface area contributed by atoms with Gasteiger partial charge < -0.3 is 15.8 Å². The van der Waals surface area contributed by atoms with E-state index in [-0.39, 0.29) is 18.1 Å². The van der Waals surface area contributed by atoms with Crippen LogP contribution in [0.1, 0.15) is 24.2 Å². The molecule has 1 aliphatic heterocycles. The third-order valence-electron chi connectivity index (χ3n) is 4.93. The highest BCUT2D eigenvalue weighted by Crippen LogP contribution is 2.25. The van der Waals surface area contributed by atoms with E-state index in [0.717, 1.165) is 24.2 Å². The van der Waals surface area contributed by atoms with Crippen molar-refractivity contribution in [3.8, 4) is 11.1 Å². The van der Waals surface area contributed by atoms with Gasteiger partial charge in [-0.3, -0.25) is 14.7 Å². The van der Waals surface area contributed by atoms with Gasteiger partial charge in [0.25, 0.3) is 5.91 Å². The van der Waals surface area contributed by atoms with Gasteiger partial charge in [0.2, 0.25) is 0 Å². The lowest BCUT2D eigenvalue weighted by Crippen LogP contribution is -2.43. The Morgan fingerprint density at radius 2 is 2.15 bits per heavy atom. The first-order valence-electron chi connectivity index (χ1n) is 8.87. The average molecular weight is 354 g/mol. The van der Waals surface area contributed by atoms with Gasteiger partial charge in [0, 0.05) is 55.4 Å². The van der Waals surface area contributed by atoms with Crippen molar-refractivity contribution >= 4 is 11.6 Å². The maximum absolute atomic E-state index is 12.8. The third kappa shape index (κ3) is 3.86. The van der Waals surface area contributed by atoms with Crippen LogP contribution in [-0.2, 0) is 4.74 Å². The standard InChI is InChI=1S/C20H26N4O2/c1-13(2)24-11-18(19(12-24)26-3)23-20(25)15-6-4-5-14(9-15)16-10-22-8-7-17(16)21/h4-10,13,18-19H,11-12H2,1-3H3,(H2,21,22)(H,23,25)/t18-,19-/m0/s1. The van der Waals surface area contributed by atoms with Crippen LogP contribution in [-0.4, -0.2) is 54.2 Å². The molecule has 6 nitrogen and oxygen atoms in total. The van der Waals surface area contributed by atoms with E-state index in [9.17, 15) is 4.79 Å². The van der Waals surface area contributed by atoms with Crippen LogP contribution < -0.4 is 11.1 Å². The fourth-order valence-corrected chi connectivity index (χ4v) is 3.33. The Labute approximate surface area is 154 Å². The number of amides is 1. The largest absolute Gasteiger partial charge is 0.398 e. The van der Waals surface area contributed by atoms with Gasteiger partial charge in [-0.15, -0.1) is 0 Å². The predicted molar refractivity (Wildman–Crippen MR) is 103 cm³/mol. The summed E-state index contributed by atoms with van der Waals surface area (Å²) in [4.78, 5) is 19.2. The van der Waals surface area contributed by atoms with Gasteiger partial charge in [0.15, 0.2) is 0 Å². The number of aromatic nitrogens is 1. The van der Waals surface area contributed by atoms with E-state index < -0.39 is 0 Å². The van der Waals surface area contributed by atoms with Gasteiger partial charge in [-0.1, -0.05) is 12.1 Å². The van der Waals surface area contributed by atoms with E-state index in [1.165, 1.54) is 0 Å². The number of nitrogens with one attached hydrogen (secondary N) is 1. The molecule has 138 valence electrons. The molecule has 0 spiro atoms. The molecule has 0 aliphatic carbocycles. The molecule has 2 heterocycles. The molecule has 1 aliphatic rings. The molecule has 0 saturated carbocycles. The summed E-state index contributed by atoms with van der Waals surface area (Å²) < 4.78 is 5.57. The Morgan fingerprint density at radius 1 is 1.35 bits per heavy atom. The second-order valence-corrected chi connectivity index (χ2v) is 6.95. The highest BCUT2D eigenvalue weighted by Gasteiger charge is 2.35. The highest BCUT2D eigenvalue weighted by molar-refractivity contribution is 5.96. The fraction of sp³-hybridized carbons (Fsp3) is 0.400. The van der Waals surface area contributed by atoms with Gasteiger partial charge in [-0.05, 0) is 37.6 Å². The molecule has 0 radical (unpaired) electrons. The summed E-state index contributed by atoms with van der Waals surface area (Å²) in [6.07, 6.45) is 3.37. The summed E-state index contributed by atoms with van der Waals surface area (Å²) in [5.41, 5.74) is 8.97. The number of ether oxygens (including phenoxy) is 1. The number of nitrogen functional groups attached to an aromatic ring is 1. The smallest absolute Gasteiger partial charge is 0.251 e. The van der Waals surface area contributed by atoms with Crippen LogP contribution in [0, 0.1) is 0 Å². The highest BCUT2D eigenvalue weighted by atomic mass is 16.5. The molecule has 1 amide bonds. The molecule has 3 N–H and O–H groups in total. The molecule has 6 heteroatoms. The van der Waals surface area contributed by atoms with Gasteiger partial charge in [-0.25, -0.2) is 0 Å². The van der Waals surface area contributed by atoms with Crippen LogP contribution in [0.15, 0.2) is 42.7 Å². The first-order chi connectivity index (χ1) is 12.5. The summed E-state index contributed by atoms with van der Waals surface area (Å²) in [7, 11) is 1.69. The van der Waals surface area contributed by atoms with Crippen molar-refractivity contribution in [2.45, 2.75) is 32.0 Å². The van der Waals surface area contributed by atoms with Crippen LogP contribution in [0.4, 0.5) is 5.69 Å². The number of rotatable bonds is 5. The van der Waals surface area contributed by atoms with Crippen LogP contribution in [0.25, 0.3) is 11.1 Å². The first kappa shape index (κ1) is 18.4. The first-order valence-corrected chi connectivity index (χ1v) is 8.87. The molecular weight excluding hydrogens is 328 g/mol. The Morgan fingerprint density at radius 3 is 2.85 bits per heavy atom. The van der Waals surface area contributed by atoms with Gasteiger partial charge in [0.05, 0.1) is 12.1 Å². The van der Waals surface area contributed by atoms with E-state index in [4.69, 9.17) is 10.5 Å². The zero-order valence-electron chi connectivity index (χ0n) is 15.5. The summed E-state index contributed by atoms with van der Waals surface area (Å²) in [5.74, 6) is -0.105. The molecule has 1 aromatic heterocycles. The molecule has 1 saturated heterocycles. The molecule has 1 aromatic carbocycles. The normalized spacial score (nSPS) is 20.5. The van der Waals surface area contributed by atoms with Crippen molar-refractivity contribution in [2.24, 2.45) is 0 Å². The molecule has 2 atom stereocenters. The average Bonchev–Trinajstić information content (AvgIpc) is 3.05. The van der Waals surface area contributed by atoms with Crippen LogP contribution in [0.5, 0.6) is 0 Å². The molecule has 1 fully saturated rings. The van der Waals surface area contributed by atoms with Crippen molar-refractivity contribution in [3.63, 3.8) is 0 Å². The Kier molecular flexibility index (Phi) is 5.54. The quantitative estimate of drug-likeness (QED) is 0.860. The van der Waals surface area contributed by atoms with Gasteiger partial charge in [-0.2, -0.15) is 0 Å². The van der Waals surface area contributed by atoms with Crippen molar-refractivity contribution in [1.82, 2.24) is 15.2 Å². The van der Waals surface area contributed by atoms with Crippen molar-refractivity contribution < 1.29 is 9.53 Å². The van der Waals surface area contributed by atoms with Crippen molar-refractivity contribution in [3.05, 3.63) is 48.3 Å². The molecule has 26 heavy (non-hydrogen) atoms. The number of hydrogen-bond acceptors (Lipinski definition) is 5. The number of likely N-dealkylation sites (tertiary alicyclic amines) is 1. The SMILES string of the molecule is CO[C@H]1CN(C(C)C)C[C@@H]1NC(=O)c1cccc(-c2cnccc2N)c1. The van der Waals surface area contributed by atoms with E-state index in [1.54, 1.807) is 25.6 Å². The number of nitrogens with zero attached hydrogens (tertiary/aromatic N) is 2. The molecule has 3 rings (SSSR count). The van der Waals surface area contributed by atoms with E-state index in [1.807, 2.05) is 24.3 Å². The lowest BCUT2D eigenvalue weighted by Gasteiger charge is -2.20. The molecule has 0 bridgehead atoms. The molecule has 2 aromatic rings. The summed E-state index contributed by atoms with van der Waals surface area (Å²) in [6.45, 7) is 5.92. The van der Waals surface area contributed by atoms with E-state index >= 15 is 0 Å². The lowest BCUT2D eigenvalue weighted by molar-refractivity contribution is 0.0753. The molecular formula is C20H26N4O2. The van der Waals surface area contributed by atoms with Crippen LogP contribution in [0.2, 0.25) is 0 Å². The molecule has 0 unspecified atom stereocenters. The van der Waals surface area contributed by atoms with E-state index in [0.29, 0.717) is 17.3 Å². The summed E-state index contributed by atoms with van der Waals surface area (Å²) in [5, 5.41) is 3.12. The maximum atomic E-state index is 12.8. The monoisotopic (exact) mass is 354 g/mol. The topological polar surface area (TPSA) is 80.5 Å². The minimum absolute atomic E-state index is 0.00139. The number of hydrogen-bond donors (Lipinski definition) is 2. The minimum Gasteiger partial charge on any atom is -0.398 e. The maximum Gasteiger partial charge on any atom is 0.251 e. The Bertz CT molecular complexity index is 778. The Balaban J connectivity index is 1.76. The predicted octanol–water partition coefficient (Wildman–Crippen LogP) is 2.17. The van der Waals surface area contributed by atoms with Crippen LogP contribution in [0.3, 0.4) is 0 Å². The summed E-state index contributed by atoms with van der Waals surface area (Å²) >= 11 is 0. The van der Waals surface area contributed by atoms with Gasteiger partial charge >= 0.3 is 0 Å². The number of nitrogens with two attached hydrogens (primary N) is 1. The number of methoxy groups -OCH3 is 1. The zero-order valence-corrected chi connectivity index (χ0v) is 15.5. The van der Waals surface area contributed by atoms with Crippen LogP contribution >= 0.6 is 0 Å².